The van der Waals surface area contributed by atoms with Crippen LogP contribution in [0.3, 0.4) is 0 Å². The van der Waals surface area contributed by atoms with Gasteiger partial charge in [0, 0.05) is 42.6 Å². The molecule has 2 atom stereocenters. The first-order valence-corrected chi connectivity index (χ1v) is 9.52. The molecular weight excluding hydrogens is 373 g/mol. The molecule has 1 unspecified atom stereocenters. The van der Waals surface area contributed by atoms with E-state index in [-0.39, 0.29) is 35.5 Å². The van der Waals surface area contributed by atoms with Gasteiger partial charge in [0.25, 0.3) is 0 Å². The molecule has 2 N–H and O–H groups in total. The number of hydrogen-bond acceptors (Lipinski definition) is 5. The average molecular weight is 396 g/mol. The summed E-state index contributed by atoms with van der Waals surface area (Å²) in [7, 11) is 0. The van der Waals surface area contributed by atoms with E-state index < -0.39 is 17.2 Å². The van der Waals surface area contributed by atoms with Crippen molar-refractivity contribution in [1.82, 2.24) is 4.57 Å². The van der Waals surface area contributed by atoms with Gasteiger partial charge < -0.3 is 19.9 Å². The van der Waals surface area contributed by atoms with Gasteiger partial charge >= 0.3 is 5.97 Å². The monoisotopic (exact) mass is 395 g/mol. The molecule has 1 aliphatic rings. The van der Waals surface area contributed by atoms with Crippen LogP contribution in [0, 0.1) is 5.82 Å². The predicted octanol–water partition coefficient (Wildman–Crippen LogP) is 2.65. The molecule has 0 amide bonds. The fourth-order valence-corrected chi connectivity index (χ4v) is 3.55. The number of hydrogen-bond donors (Lipinski definition) is 1. The van der Waals surface area contributed by atoms with Gasteiger partial charge in [0.15, 0.2) is 0 Å². The molecule has 1 fully saturated rings. The van der Waals surface area contributed by atoms with Crippen LogP contribution in [0.25, 0.3) is 10.9 Å². The number of rotatable bonds is 5. The Morgan fingerprint density at radius 3 is 2.81 bits per heavy atom. The van der Waals surface area contributed by atoms with E-state index in [4.69, 9.17) is 22.1 Å². The minimum atomic E-state index is -0.727. The van der Waals surface area contributed by atoms with Gasteiger partial charge in [-0.2, -0.15) is 0 Å². The van der Waals surface area contributed by atoms with Crippen molar-refractivity contribution in [2.45, 2.75) is 32.4 Å². The molecule has 1 aromatic heterocycles. The second-order valence-corrected chi connectivity index (χ2v) is 7.13. The van der Waals surface area contributed by atoms with Crippen molar-refractivity contribution in [2.24, 2.45) is 5.73 Å². The molecule has 2 heterocycles. The first kappa shape index (κ1) is 19.6. The molecule has 6 nitrogen and oxygen atoms in total. The molecule has 0 spiro atoms. The number of halogens is 2. The third-order valence-corrected chi connectivity index (χ3v) is 5.31. The number of ether oxygens (including phenoxy) is 1. The lowest BCUT2D eigenvalue weighted by Crippen LogP contribution is -2.27. The maximum Gasteiger partial charge on any atom is 0.343 e. The van der Waals surface area contributed by atoms with E-state index >= 15 is 0 Å². The highest BCUT2D eigenvalue weighted by Gasteiger charge is 2.25. The third kappa shape index (κ3) is 3.66. The van der Waals surface area contributed by atoms with E-state index in [9.17, 15) is 14.0 Å². The number of nitrogens with zero attached hydrogens (tertiary/aromatic N) is 2. The summed E-state index contributed by atoms with van der Waals surface area (Å²) < 4.78 is 21.5. The molecule has 3 rings (SSSR count). The van der Waals surface area contributed by atoms with Gasteiger partial charge in [0.2, 0.25) is 5.43 Å². The van der Waals surface area contributed by atoms with Crippen LogP contribution in [0.5, 0.6) is 0 Å². The van der Waals surface area contributed by atoms with Crippen LogP contribution in [0.15, 0.2) is 23.1 Å². The number of anilines is 1. The number of pyridine rings is 1. The molecule has 0 bridgehead atoms. The Labute approximate surface area is 161 Å². The fraction of sp³-hybridized carbons (Fsp3) is 0.474. The zero-order valence-electron chi connectivity index (χ0n) is 15.4. The highest BCUT2D eigenvalue weighted by molar-refractivity contribution is 6.18. The van der Waals surface area contributed by atoms with E-state index in [0.29, 0.717) is 24.3 Å². The van der Waals surface area contributed by atoms with Crippen molar-refractivity contribution in [3.63, 3.8) is 0 Å². The Kier molecular flexibility index (Phi) is 5.72. The summed E-state index contributed by atoms with van der Waals surface area (Å²) in [5, 5.41) is 0.127. The minimum absolute atomic E-state index is 0.00440. The third-order valence-electron chi connectivity index (χ3n) is 4.86. The molecule has 0 radical (unpaired) electrons. The number of fused-ring (bicyclic) bond motifs is 1. The molecule has 27 heavy (non-hydrogen) atoms. The topological polar surface area (TPSA) is 77.6 Å². The fourth-order valence-electron chi connectivity index (χ4n) is 3.40. The summed E-state index contributed by atoms with van der Waals surface area (Å²) in [4.78, 5) is 26.9. The normalized spacial score (nSPS) is 18.1. The summed E-state index contributed by atoms with van der Waals surface area (Å²) in [6.45, 7) is 4.87. The Hall–Kier alpha value is -2.12. The number of carbonyl (C=O) groups is 1. The molecule has 0 saturated carbocycles. The molecule has 146 valence electrons. The molecule has 0 aliphatic carbocycles. The SMILES string of the molecule is CCOC(=O)c1cn(C(C)CCl)c2cc(N3CC[C@H](N)C3)c(F)cc2c1=O. The predicted molar refractivity (Wildman–Crippen MR) is 104 cm³/mol. The number of alkyl halides is 1. The second-order valence-electron chi connectivity index (χ2n) is 6.82. The lowest BCUT2D eigenvalue weighted by Gasteiger charge is -2.22. The number of nitrogens with two attached hydrogens (primary N) is 1. The summed E-state index contributed by atoms with van der Waals surface area (Å²) in [6.07, 6.45) is 2.23. The minimum Gasteiger partial charge on any atom is -0.462 e. The van der Waals surface area contributed by atoms with Gasteiger partial charge in [-0.3, -0.25) is 4.79 Å². The van der Waals surface area contributed by atoms with E-state index in [1.54, 1.807) is 17.6 Å². The Morgan fingerprint density at radius 1 is 1.48 bits per heavy atom. The number of benzene rings is 1. The quantitative estimate of drug-likeness (QED) is 0.622. The second kappa shape index (κ2) is 7.86. The molecule has 1 aliphatic heterocycles. The van der Waals surface area contributed by atoms with Crippen molar-refractivity contribution < 1.29 is 13.9 Å². The summed E-state index contributed by atoms with van der Waals surface area (Å²) in [6, 6.07) is 2.62. The number of aromatic nitrogens is 1. The first-order valence-electron chi connectivity index (χ1n) is 8.99. The van der Waals surface area contributed by atoms with Crippen LogP contribution < -0.4 is 16.1 Å². The van der Waals surface area contributed by atoms with Crippen LogP contribution in [0.1, 0.15) is 36.7 Å². The molecule has 8 heteroatoms. The van der Waals surface area contributed by atoms with Crippen LogP contribution >= 0.6 is 11.6 Å². The van der Waals surface area contributed by atoms with Gasteiger partial charge in [-0.25, -0.2) is 9.18 Å². The summed E-state index contributed by atoms with van der Waals surface area (Å²) in [5.41, 5.74) is 6.19. The van der Waals surface area contributed by atoms with E-state index in [2.05, 4.69) is 0 Å². The zero-order chi connectivity index (χ0) is 19.7. The largest absolute Gasteiger partial charge is 0.462 e. The lowest BCUT2D eigenvalue weighted by molar-refractivity contribution is 0.0524. The van der Waals surface area contributed by atoms with Crippen molar-refractivity contribution in [3.8, 4) is 0 Å². The highest BCUT2D eigenvalue weighted by atomic mass is 35.5. The van der Waals surface area contributed by atoms with Crippen molar-refractivity contribution in [1.29, 1.82) is 0 Å². The molecule has 2 aromatic rings. The van der Waals surface area contributed by atoms with E-state index in [1.807, 2.05) is 11.8 Å². The van der Waals surface area contributed by atoms with Crippen LogP contribution in [0.2, 0.25) is 0 Å². The average Bonchev–Trinajstić information content (AvgIpc) is 3.07. The standard InChI is InChI=1S/C19H23ClFN3O3/c1-3-27-19(26)14-10-24(11(2)8-20)16-7-17(23-5-4-12(22)9-23)15(21)6-13(16)18(14)25/h6-7,10-12H,3-5,8-9,22H2,1-2H3/t11?,12-/m0/s1. The summed E-state index contributed by atoms with van der Waals surface area (Å²) >= 11 is 6.02. The van der Waals surface area contributed by atoms with Gasteiger partial charge in [0.1, 0.15) is 11.4 Å². The Balaban J connectivity index is 2.24. The maximum absolute atomic E-state index is 14.8. The van der Waals surface area contributed by atoms with Gasteiger partial charge in [-0.05, 0) is 32.4 Å². The first-order chi connectivity index (χ1) is 12.9. The number of carbonyl (C=O) groups excluding carboxylic acids is 1. The molecule has 1 saturated heterocycles. The highest BCUT2D eigenvalue weighted by Crippen LogP contribution is 2.29. The smallest absolute Gasteiger partial charge is 0.343 e. The lowest BCUT2D eigenvalue weighted by atomic mass is 10.1. The van der Waals surface area contributed by atoms with Gasteiger partial charge in [0.05, 0.1) is 17.8 Å². The Bertz CT molecular complexity index is 931. The van der Waals surface area contributed by atoms with Crippen molar-refractivity contribution in [2.75, 3.05) is 30.5 Å². The van der Waals surface area contributed by atoms with Crippen LogP contribution in [0.4, 0.5) is 10.1 Å². The zero-order valence-corrected chi connectivity index (χ0v) is 16.1. The van der Waals surface area contributed by atoms with Gasteiger partial charge in [-0.1, -0.05) is 0 Å². The maximum atomic E-state index is 14.8. The van der Waals surface area contributed by atoms with Crippen molar-refractivity contribution >= 4 is 34.2 Å². The summed E-state index contributed by atoms with van der Waals surface area (Å²) in [5.74, 6) is -0.976. The van der Waals surface area contributed by atoms with Crippen molar-refractivity contribution in [3.05, 3.63) is 39.9 Å². The van der Waals surface area contributed by atoms with E-state index in [0.717, 1.165) is 6.42 Å². The van der Waals surface area contributed by atoms with Gasteiger partial charge in [-0.15, -0.1) is 11.6 Å². The van der Waals surface area contributed by atoms with E-state index in [1.165, 1.54) is 12.3 Å². The molecular formula is C19H23ClFN3O3. The molecule has 1 aromatic carbocycles. The van der Waals surface area contributed by atoms with Crippen LogP contribution in [-0.2, 0) is 4.74 Å². The number of esters is 1. The Morgan fingerprint density at radius 2 is 2.22 bits per heavy atom. The van der Waals surface area contributed by atoms with Crippen LogP contribution in [-0.4, -0.2) is 42.2 Å².